The minimum absolute atomic E-state index is 0.000463. The van der Waals surface area contributed by atoms with Crippen LogP contribution in [0.4, 0.5) is 0 Å². The molecule has 0 aliphatic heterocycles. The predicted molar refractivity (Wildman–Crippen MR) is 53.6 cm³/mol. The van der Waals surface area contributed by atoms with Crippen molar-refractivity contribution in [1.29, 1.82) is 0 Å². The second-order valence-electron chi connectivity index (χ2n) is 3.84. The third-order valence-corrected chi connectivity index (χ3v) is 2.83. The van der Waals surface area contributed by atoms with Crippen molar-refractivity contribution in [1.82, 2.24) is 14.6 Å². The van der Waals surface area contributed by atoms with Gasteiger partial charge in [-0.1, -0.05) is 0 Å². The SMILES string of the molecule is Cc1cc2c3c(ncnn13)C(=O)CC2N. The lowest BCUT2D eigenvalue weighted by molar-refractivity contribution is 0.0967. The fourth-order valence-corrected chi connectivity index (χ4v) is 2.13. The molecule has 0 radical (unpaired) electrons. The van der Waals surface area contributed by atoms with E-state index in [1.165, 1.54) is 6.33 Å². The summed E-state index contributed by atoms with van der Waals surface area (Å²) in [5.41, 5.74) is 9.15. The molecule has 1 atom stereocenters. The van der Waals surface area contributed by atoms with E-state index in [9.17, 15) is 4.79 Å². The van der Waals surface area contributed by atoms with Crippen molar-refractivity contribution in [2.24, 2.45) is 5.73 Å². The number of carbonyl (C=O) groups excluding carboxylic acids is 1. The minimum Gasteiger partial charge on any atom is -0.324 e. The molecular formula is C10H10N4O. The number of hydrogen-bond donors (Lipinski definition) is 1. The third kappa shape index (κ3) is 0.979. The van der Waals surface area contributed by atoms with E-state index >= 15 is 0 Å². The lowest BCUT2D eigenvalue weighted by Gasteiger charge is -2.16. The summed E-state index contributed by atoms with van der Waals surface area (Å²) < 4.78 is 1.73. The number of aryl methyl sites for hydroxylation is 1. The molecule has 2 aromatic rings. The summed E-state index contributed by atoms with van der Waals surface area (Å²) in [5.74, 6) is 0.000463. The molecule has 0 fully saturated rings. The van der Waals surface area contributed by atoms with Crippen LogP contribution in [0.2, 0.25) is 0 Å². The van der Waals surface area contributed by atoms with Gasteiger partial charge < -0.3 is 5.73 Å². The van der Waals surface area contributed by atoms with Gasteiger partial charge in [-0.25, -0.2) is 9.50 Å². The monoisotopic (exact) mass is 202 g/mol. The van der Waals surface area contributed by atoms with Gasteiger partial charge in [-0.3, -0.25) is 4.79 Å². The van der Waals surface area contributed by atoms with Crippen LogP contribution in [0, 0.1) is 6.92 Å². The van der Waals surface area contributed by atoms with Crippen molar-refractivity contribution in [3.05, 3.63) is 29.3 Å². The molecule has 1 aliphatic carbocycles. The van der Waals surface area contributed by atoms with E-state index in [1.807, 2.05) is 13.0 Å². The highest BCUT2D eigenvalue weighted by molar-refractivity contribution is 6.03. The maximum atomic E-state index is 11.7. The molecule has 2 heterocycles. The van der Waals surface area contributed by atoms with Crippen LogP contribution in [0.5, 0.6) is 0 Å². The van der Waals surface area contributed by atoms with Gasteiger partial charge in [0, 0.05) is 18.2 Å². The Labute approximate surface area is 85.9 Å². The van der Waals surface area contributed by atoms with E-state index in [-0.39, 0.29) is 11.8 Å². The van der Waals surface area contributed by atoms with Crippen molar-refractivity contribution in [3.63, 3.8) is 0 Å². The van der Waals surface area contributed by atoms with Crippen LogP contribution >= 0.6 is 0 Å². The fourth-order valence-electron chi connectivity index (χ4n) is 2.13. The smallest absolute Gasteiger partial charge is 0.185 e. The second kappa shape index (κ2) is 2.64. The van der Waals surface area contributed by atoms with E-state index < -0.39 is 0 Å². The Morgan fingerprint density at radius 3 is 3.20 bits per heavy atom. The zero-order valence-electron chi connectivity index (χ0n) is 8.27. The van der Waals surface area contributed by atoms with Gasteiger partial charge in [0.05, 0.1) is 5.52 Å². The summed E-state index contributed by atoms with van der Waals surface area (Å²) in [5, 5.41) is 4.11. The number of ketones is 1. The Bertz CT molecular complexity index is 572. The van der Waals surface area contributed by atoms with Gasteiger partial charge in [-0.05, 0) is 18.6 Å². The number of carbonyl (C=O) groups is 1. The van der Waals surface area contributed by atoms with Crippen molar-refractivity contribution in [3.8, 4) is 0 Å². The Kier molecular flexibility index (Phi) is 1.50. The normalized spacial score (nSPS) is 19.9. The Morgan fingerprint density at radius 1 is 1.60 bits per heavy atom. The van der Waals surface area contributed by atoms with E-state index in [2.05, 4.69) is 10.1 Å². The van der Waals surface area contributed by atoms with Crippen LogP contribution in [0.1, 0.15) is 34.2 Å². The first-order valence-corrected chi connectivity index (χ1v) is 4.80. The lowest BCUT2D eigenvalue weighted by atomic mass is 9.95. The van der Waals surface area contributed by atoms with Crippen LogP contribution in [-0.4, -0.2) is 20.4 Å². The summed E-state index contributed by atoms with van der Waals surface area (Å²) >= 11 is 0. The molecule has 0 saturated heterocycles. The first-order chi connectivity index (χ1) is 7.18. The topological polar surface area (TPSA) is 73.3 Å². The number of Topliss-reactive ketones (excluding diaryl/α,β-unsaturated/α-hetero) is 1. The number of aromatic nitrogens is 3. The fraction of sp³-hybridized carbons (Fsp3) is 0.300. The highest BCUT2D eigenvalue weighted by atomic mass is 16.1. The van der Waals surface area contributed by atoms with Crippen LogP contribution in [0.3, 0.4) is 0 Å². The molecule has 3 rings (SSSR count). The highest BCUT2D eigenvalue weighted by Gasteiger charge is 2.28. The summed E-state index contributed by atoms with van der Waals surface area (Å²) in [6.07, 6.45) is 1.75. The Hall–Kier alpha value is -1.75. The summed E-state index contributed by atoms with van der Waals surface area (Å²) in [4.78, 5) is 15.7. The maximum Gasteiger partial charge on any atom is 0.185 e. The van der Waals surface area contributed by atoms with Gasteiger partial charge in [0.1, 0.15) is 12.0 Å². The predicted octanol–water partition coefficient (Wildman–Crippen LogP) is 0.624. The molecule has 2 N–H and O–H groups in total. The Balaban J connectivity index is 2.51. The van der Waals surface area contributed by atoms with Gasteiger partial charge in [0.15, 0.2) is 5.78 Å². The standard InChI is InChI=1S/C10H10N4O/c1-5-2-6-7(11)3-8(15)9-10(6)14(5)13-4-12-9/h2,4,7H,3,11H2,1H3. The van der Waals surface area contributed by atoms with Crippen molar-refractivity contribution < 1.29 is 4.79 Å². The molecule has 0 spiro atoms. The molecule has 1 unspecified atom stereocenters. The maximum absolute atomic E-state index is 11.7. The van der Waals surface area contributed by atoms with Crippen LogP contribution in [0.25, 0.3) is 5.52 Å². The molecule has 0 bridgehead atoms. The van der Waals surface area contributed by atoms with E-state index in [4.69, 9.17) is 5.73 Å². The molecule has 0 aromatic carbocycles. The van der Waals surface area contributed by atoms with Gasteiger partial charge >= 0.3 is 0 Å². The first kappa shape index (κ1) is 8.55. The molecule has 76 valence electrons. The third-order valence-electron chi connectivity index (χ3n) is 2.83. The molecule has 1 aliphatic rings. The molecular weight excluding hydrogens is 192 g/mol. The molecule has 5 heteroatoms. The number of hydrogen-bond acceptors (Lipinski definition) is 4. The average molecular weight is 202 g/mol. The van der Waals surface area contributed by atoms with E-state index in [1.54, 1.807) is 4.52 Å². The molecule has 0 amide bonds. The van der Waals surface area contributed by atoms with E-state index in [0.717, 1.165) is 16.8 Å². The quantitative estimate of drug-likeness (QED) is 0.679. The van der Waals surface area contributed by atoms with Crippen molar-refractivity contribution in [2.45, 2.75) is 19.4 Å². The summed E-state index contributed by atoms with van der Waals surface area (Å²) in [6.45, 7) is 1.94. The number of nitrogens with zero attached hydrogens (tertiary/aromatic N) is 3. The van der Waals surface area contributed by atoms with Crippen LogP contribution < -0.4 is 5.73 Å². The van der Waals surface area contributed by atoms with Crippen molar-refractivity contribution >= 4 is 11.3 Å². The van der Waals surface area contributed by atoms with Gasteiger partial charge in [0.2, 0.25) is 0 Å². The minimum atomic E-state index is -0.223. The van der Waals surface area contributed by atoms with Gasteiger partial charge in [-0.15, -0.1) is 0 Å². The van der Waals surface area contributed by atoms with Crippen LogP contribution in [0.15, 0.2) is 12.4 Å². The zero-order chi connectivity index (χ0) is 10.6. The van der Waals surface area contributed by atoms with Gasteiger partial charge in [-0.2, -0.15) is 5.10 Å². The average Bonchev–Trinajstić information content (AvgIpc) is 2.55. The molecule has 0 saturated carbocycles. The largest absolute Gasteiger partial charge is 0.324 e. The Morgan fingerprint density at radius 2 is 2.40 bits per heavy atom. The molecule has 15 heavy (non-hydrogen) atoms. The van der Waals surface area contributed by atoms with Gasteiger partial charge in [0.25, 0.3) is 0 Å². The lowest BCUT2D eigenvalue weighted by Crippen LogP contribution is -2.22. The zero-order valence-corrected chi connectivity index (χ0v) is 8.27. The number of nitrogens with two attached hydrogens (primary N) is 1. The number of rotatable bonds is 0. The summed E-state index contributed by atoms with van der Waals surface area (Å²) in [6, 6.07) is 1.75. The van der Waals surface area contributed by atoms with E-state index in [0.29, 0.717) is 12.1 Å². The summed E-state index contributed by atoms with van der Waals surface area (Å²) in [7, 11) is 0. The molecule has 2 aromatic heterocycles. The van der Waals surface area contributed by atoms with Crippen molar-refractivity contribution in [2.75, 3.05) is 0 Å². The van der Waals surface area contributed by atoms with Crippen LogP contribution in [-0.2, 0) is 0 Å². The first-order valence-electron chi connectivity index (χ1n) is 4.80. The second-order valence-corrected chi connectivity index (χ2v) is 3.84. The highest BCUT2D eigenvalue weighted by Crippen LogP contribution is 2.30. The molecule has 5 nitrogen and oxygen atoms in total.